The van der Waals surface area contributed by atoms with Crippen molar-refractivity contribution in [1.82, 2.24) is 14.9 Å². The predicted molar refractivity (Wildman–Crippen MR) is 92.6 cm³/mol. The first-order valence-corrected chi connectivity index (χ1v) is 8.58. The highest BCUT2D eigenvalue weighted by atomic mass is 16.5. The summed E-state index contributed by atoms with van der Waals surface area (Å²) in [5.74, 6) is 1.75. The van der Waals surface area contributed by atoms with E-state index in [4.69, 9.17) is 4.74 Å². The van der Waals surface area contributed by atoms with Crippen molar-refractivity contribution in [2.24, 2.45) is 5.92 Å². The van der Waals surface area contributed by atoms with Crippen LogP contribution >= 0.6 is 0 Å². The molecule has 0 amide bonds. The van der Waals surface area contributed by atoms with Crippen molar-refractivity contribution in [2.45, 2.75) is 39.2 Å². The smallest absolute Gasteiger partial charge is 0.119 e. The van der Waals surface area contributed by atoms with Crippen molar-refractivity contribution in [3.05, 3.63) is 47.5 Å². The number of hydrogen-bond donors (Lipinski definition) is 1. The van der Waals surface area contributed by atoms with Gasteiger partial charge in [-0.05, 0) is 62.8 Å². The molecule has 1 N–H and O–H groups in total. The fourth-order valence-corrected chi connectivity index (χ4v) is 3.49. The molecule has 124 valence electrons. The summed E-state index contributed by atoms with van der Waals surface area (Å²) in [5, 5.41) is 0. The quantitative estimate of drug-likeness (QED) is 0.886. The number of hydrogen-bond acceptors (Lipinski definition) is 3. The molecular weight excluding hydrogens is 286 g/mol. The van der Waals surface area contributed by atoms with Gasteiger partial charge in [-0.15, -0.1) is 0 Å². The first-order valence-electron chi connectivity index (χ1n) is 8.58. The second-order valence-corrected chi connectivity index (χ2v) is 6.61. The summed E-state index contributed by atoms with van der Waals surface area (Å²) in [5.41, 5.74) is 3.77. The molecular formula is C19H27N3O. The van der Waals surface area contributed by atoms with Crippen molar-refractivity contribution in [3.8, 4) is 5.75 Å². The number of piperidine rings is 1. The third kappa shape index (κ3) is 4.35. The van der Waals surface area contributed by atoms with Crippen LogP contribution in [0.2, 0.25) is 0 Å². The molecule has 1 aromatic heterocycles. The monoisotopic (exact) mass is 313 g/mol. The molecule has 1 fully saturated rings. The van der Waals surface area contributed by atoms with Crippen molar-refractivity contribution in [3.63, 3.8) is 0 Å². The van der Waals surface area contributed by atoms with Gasteiger partial charge in [0.25, 0.3) is 0 Å². The standard InChI is InChI=1S/C19H27N3O/c1-15-19(21-14-20-15)13-22-10-4-6-17(12-22)9-8-16-5-3-7-18(11-16)23-2/h3,5,7,11,14,17H,4,6,8-10,12-13H2,1-2H3,(H,20,21)/t17-/m1/s1. The minimum Gasteiger partial charge on any atom is -0.497 e. The number of methoxy groups -OCH3 is 1. The van der Waals surface area contributed by atoms with Crippen LogP contribution in [-0.4, -0.2) is 35.1 Å². The average Bonchev–Trinajstić information content (AvgIpc) is 2.98. The maximum Gasteiger partial charge on any atom is 0.119 e. The second kappa shape index (κ2) is 7.64. The van der Waals surface area contributed by atoms with Gasteiger partial charge in [-0.25, -0.2) is 4.98 Å². The van der Waals surface area contributed by atoms with E-state index in [9.17, 15) is 0 Å². The highest BCUT2D eigenvalue weighted by molar-refractivity contribution is 5.28. The third-order valence-corrected chi connectivity index (χ3v) is 4.89. The zero-order valence-electron chi connectivity index (χ0n) is 14.2. The molecule has 2 heterocycles. The molecule has 1 aliphatic heterocycles. The van der Waals surface area contributed by atoms with Crippen LogP contribution < -0.4 is 4.74 Å². The number of nitrogens with one attached hydrogen (secondary N) is 1. The van der Waals surface area contributed by atoms with Gasteiger partial charge in [0, 0.05) is 18.8 Å². The van der Waals surface area contributed by atoms with Crippen LogP contribution in [-0.2, 0) is 13.0 Å². The normalized spacial score (nSPS) is 19.0. The minimum atomic E-state index is 0.786. The number of likely N-dealkylation sites (tertiary alicyclic amines) is 1. The second-order valence-electron chi connectivity index (χ2n) is 6.61. The Balaban J connectivity index is 1.51. The van der Waals surface area contributed by atoms with Crippen LogP contribution in [0.1, 0.15) is 36.2 Å². The lowest BCUT2D eigenvalue weighted by Gasteiger charge is -2.32. The molecule has 0 radical (unpaired) electrons. The number of aromatic amines is 1. The SMILES string of the molecule is COc1cccc(CC[C@H]2CCCN(Cc3nc[nH]c3C)C2)c1. The highest BCUT2D eigenvalue weighted by Crippen LogP contribution is 2.24. The van der Waals surface area contributed by atoms with Gasteiger partial charge >= 0.3 is 0 Å². The number of aromatic nitrogens is 2. The predicted octanol–water partition coefficient (Wildman–Crippen LogP) is 3.57. The van der Waals surface area contributed by atoms with Crippen LogP contribution in [0.15, 0.2) is 30.6 Å². The maximum absolute atomic E-state index is 5.32. The van der Waals surface area contributed by atoms with Gasteiger partial charge in [0.2, 0.25) is 0 Å². The summed E-state index contributed by atoms with van der Waals surface area (Å²) in [6.07, 6.45) is 6.83. The van der Waals surface area contributed by atoms with Crippen molar-refractivity contribution in [1.29, 1.82) is 0 Å². The molecule has 3 rings (SSSR count). The van der Waals surface area contributed by atoms with Crippen LogP contribution in [0, 0.1) is 12.8 Å². The van der Waals surface area contributed by atoms with E-state index in [-0.39, 0.29) is 0 Å². The van der Waals surface area contributed by atoms with Gasteiger partial charge in [-0.3, -0.25) is 4.90 Å². The molecule has 0 unspecified atom stereocenters. The van der Waals surface area contributed by atoms with Crippen LogP contribution in [0.3, 0.4) is 0 Å². The van der Waals surface area contributed by atoms with Gasteiger partial charge in [0.15, 0.2) is 0 Å². The Bertz CT molecular complexity index is 623. The van der Waals surface area contributed by atoms with E-state index in [1.165, 1.54) is 49.3 Å². The summed E-state index contributed by atoms with van der Waals surface area (Å²) < 4.78 is 5.32. The lowest BCUT2D eigenvalue weighted by molar-refractivity contribution is 0.160. The fraction of sp³-hybridized carbons (Fsp3) is 0.526. The first-order chi connectivity index (χ1) is 11.2. The van der Waals surface area contributed by atoms with Gasteiger partial charge in [-0.1, -0.05) is 12.1 Å². The Morgan fingerprint density at radius 1 is 1.39 bits per heavy atom. The van der Waals surface area contributed by atoms with Crippen molar-refractivity contribution in [2.75, 3.05) is 20.2 Å². The van der Waals surface area contributed by atoms with Crippen LogP contribution in [0.5, 0.6) is 5.75 Å². The van der Waals surface area contributed by atoms with E-state index >= 15 is 0 Å². The number of imidazole rings is 1. The largest absolute Gasteiger partial charge is 0.497 e. The summed E-state index contributed by atoms with van der Waals surface area (Å²) in [7, 11) is 1.73. The maximum atomic E-state index is 5.32. The Kier molecular flexibility index (Phi) is 5.34. The Morgan fingerprint density at radius 3 is 3.09 bits per heavy atom. The summed E-state index contributed by atoms with van der Waals surface area (Å²) in [6, 6.07) is 8.46. The Morgan fingerprint density at radius 2 is 2.30 bits per heavy atom. The number of aryl methyl sites for hydroxylation is 2. The lowest BCUT2D eigenvalue weighted by Crippen LogP contribution is -2.35. The van der Waals surface area contributed by atoms with Gasteiger partial charge in [0.1, 0.15) is 5.75 Å². The average molecular weight is 313 g/mol. The Hall–Kier alpha value is -1.81. The van der Waals surface area contributed by atoms with E-state index in [0.717, 1.165) is 24.6 Å². The summed E-state index contributed by atoms with van der Waals surface area (Å²) >= 11 is 0. The molecule has 0 spiro atoms. The van der Waals surface area contributed by atoms with Crippen LogP contribution in [0.25, 0.3) is 0 Å². The topological polar surface area (TPSA) is 41.1 Å². The lowest BCUT2D eigenvalue weighted by atomic mass is 9.91. The zero-order chi connectivity index (χ0) is 16.1. The Labute approximate surface area is 138 Å². The van der Waals surface area contributed by atoms with Crippen molar-refractivity contribution < 1.29 is 4.74 Å². The third-order valence-electron chi connectivity index (χ3n) is 4.89. The molecule has 1 saturated heterocycles. The number of ether oxygens (including phenoxy) is 1. The molecule has 0 saturated carbocycles. The van der Waals surface area contributed by atoms with Gasteiger partial charge < -0.3 is 9.72 Å². The number of nitrogens with zero attached hydrogens (tertiary/aromatic N) is 2. The number of rotatable bonds is 6. The van der Waals surface area contributed by atoms with Gasteiger partial charge in [-0.2, -0.15) is 0 Å². The van der Waals surface area contributed by atoms with E-state index in [1.807, 2.05) is 6.07 Å². The number of benzene rings is 1. The summed E-state index contributed by atoms with van der Waals surface area (Å²) in [4.78, 5) is 10.2. The van der Waals surface area contributed by atoms with E-state index in [2.05, 4.69) is 40.0 Å². The molecule has 2 aromatic rings. The van der Waals surface area contributed by atoms with E-state index in [1.54, 1.807) is 13.4 Å². The van der Waals surface area contributed by atoms with Gasteiger partial charge in [0.05, 0.1) is 19.1 Å². The first kappa shape index (κ1) is 16.1. The van der Waals surface area contributed by atoms with Crippen LogP contribution in [0.4, 0.5) is 0 Å². The molecule has 1 aromatic carbocycles. The molecule has 1 atom stereocenters. The molecule has 4 nitrogen and oxygen atoms in total. The molecule has 23 heavy (non-hydrogen) atoms. The molecule has 4 heteroatoms. The van der Waals surface area contributed by atoms with E-state index < -0.39 is 0 Å². The van der Waals surface area contributed by atoms with E-state index in [0.29, 0.717) is 0 Å². The molecule has 0 aliphatic carbocycles. The highest BCUT2D eigenvalue weighted by Gasteiger charge is 2.20. The zero-order valence-corrected chi connectivity index (χ0v) is 14.2. The fourth-order valence-electron chi connectivity index (χ4n) is 3.49. The number of H-pyrrole nitrogens is 1. The molecule has 1 aliphatic rings. The molecule has 0 bridgehead atoms. The summed E-state index contributed by atoms with van der Waals surface area (Å²) in [6.45, 7) is 5.47. The minimum absolute atomic E-state index is 0.786. The van der Waals surface area contributed by atoms with Crippen molar-refractivity contribution >= 4 is 0 Å².